The zero-order valence-electron chi connectivity index (χ0n) is 11.2. The maximum Gasteiger partial charge on any atom is 0.0759 e. The Bertz CT molecular complexity index is 347. The van der Waals surface area contributed by atoms with Crippen LogP contribution in [0.1, 0.15) is 51.3 Å². The van der Waals surface area contributed by atoms with Crippen LogP contribution in [0, 0.1) is 11.8 Å². The number of nitrogens with one attached hydrogen (secondary N) is 1. The first kappa shape index (κ1) is 12.6. The number of nitrogens with zero attached hydrogens (tertiary/aromatic N) is 3. The third-order valence-electron chi connectivity index (χ3n) is 4.03. The van der Waals surface area contributed by atoms with Crippen molar-refractivity contribution in [1.29, 1.82) is 0 Å². The molecule has 1 aliphatic rings. The highest BCUT2D eigenvalue weighted by atomic mass is 15.4. The van der Waals surface area contributed by atoms with Crippen LogP contribution in [0.15, 0.2) is 6.20 Å². The fourth-order valence-electron chi connectivity index (χ4n) is 3.16. The van der Waals surface area contributed by atoms with Crippen molar-refractivity contribution in [2.45, 2.75) is 52.1 Å². The lowest BCUT2D eigenvalue weighted by molar-refractivity contribution is 0.223. The minimum atomic E-state index is 0.410. The molecule has 17 heavy (non-hydrogen) atoms. The molecule has 4 heteroatoms. The number of rotatable bonds is 4. The van der Waals surface area contributed by atoms with Gasteiger partial charge in [-0.15, -0.1) is 5.10 Å². The van der Waals surface area contributed by atoms with Crippen LogP contribution in [0.2, 0.25) is 0 Å². The number of aryl methyl sites for hydroxylation is 1. The van der Waals surface area contributed by atoms with E-state index in [2.05, 4.69) is 36.5 Å². The monoisotopic (exact) mass is 236 g/mol. The molecule has 3 atom stereocenters. The van der Waals surface area contributed by atoms with Crippen LogP contribution in [0.5, 0.6) is 0 Å². The Morgan fingerprint density at radius 3 is 3.00 bits per heavy atom. The Labute approximate surface area is 104 Å². The van der Waals surface area contributed by atoms with Crippen molar-refractivity contribution >= 4 is 0 Å². The summed E-state index contributed by atoms with van der Waals surface area (Å²) in [5.74, 6) is 1.59. The lowest BCUT2D eigenvalue weighted by atomic mass is 9.78. The second kappa shape index (κ2) is 5.63. The Balaban J connectivity index is 2.15. The van der Waals surface area contributed by atoms with Crippen molar-refractivity contribution in [3.63, 3.8) is 0 Å². The van der Waals surface area contributed by atoms with Crippen molar-refractivity contribution in [2.75, 3.05) is 7.05 Å². The molecule has 1 fully saturated rings. The molecule has 96 valence electrons. The first-order chi connectivity index (χ1) is 8.26. The minimum absolute atomic E-state index is 0.410. The van der Waals surface area contributed by atoms with Gasteiger partial charge in [-0.25, -0.2) is 4.68 Å². The number of aromatic nitrogens is 3. The highest BCUT2D eigenvalue weighted by molar-refractivity contribution is 5.05. The van der Waals surface area contributed by atoms with Gasteiger partial charge >= 0.3 is 0 Å². The van der Waals surface area contributed by atoms with Crippen LogP contribution < -0.4 is 5.32 Å². The zero-order chi connectivity index (χ0) is 12.3. The average molecular weight is 236 g/mol. The molecular weight excluding hydrogens is 212 g/mol. The first-order valence-corrected chi connectivity index (χ1v) is 6.81. The second-order valence-corrected chi connectivity index (χ2v) is 5.27. The molecule has 0 amide bonds. The molecular formula is C13H24N4. The fourth-order valence-corrected chi connectivity index (χ4v) is 3.16. The van der Waals surface area contributed by atoms with Crippen LogP contribution >= 0.6 is 0 Å². The van der Waals surface area contributed by atoms with Gasteiger partial charge in [-0.05, 0) is 38.6 Å². The Morgan fingerprint density at radius 2 is 2.35 bits per heavy atom. The smallest absolute Gasteiger partial charge is 0.0759 e. The molecule has 0 aliphatic heterocycles. The molecule has 2 rings (SSSR count). The molecule has 0 aromatic carbocycles. The largest absolute Gasteiger partial charge is 0.311 e. The summed E-state index contributed by atoms with van der Waals surface area (Å²) in [6.45, 7) is 5.39. The van der Waals surface area contributed by atoms with Crippen LogP contribution in [0.25, 0.3) is 0 Å². The summed E-state index contributed by atoms with van der Waals surface area (Å²) in [5.41, 5.74) is 1.24. The van der Waals surface area contributed by atoms with E-state index in [1.165, 1.54) is 31.4 Å². The SMILES string of the molecule is CCn1nncc1C(NC)C1CCCC(C)C1. The van der Waals surface area contributed by atoms with Gasteiger partial charge in [0.25, 0.3) is 0 Å². The Morgan fingerprint density at radius 1 is 1.53 bits per heavy atom. The lowest BCUT2D eigenvalue weighted by Gasteiger charge is -2.33. The van der Waals surface area contributed by atoms with E-state index < -0.39 is 0 Å². The lowest BCUT2D eigenvalue weighted by Crippen LogP contribution is -2.30. The molecule has 0 spiro atoms. The summed E-state index contributed by atoms with van der Waals surface area (Å²) in [6.07, 6.45) is 7.31. The zero-order valence-corrected chi connectivity index (χ0v) is 11.2. The molecule has 3 unspecified atom stereocenters. The predicted octanol–water partition coefficient (Wildman–Crippen LogP) is 2.38. The van der Waals surface area contributed by atoms with E-state index in [0.29, 0.717) is 6.04 Å². The highest BCUT2D eigenvalue weighted by Crippen LogP contribution is 2.36. The topological polar surface area (TPSA) is 42.7 Å². The number of hydrogen-bond acceptors (Lipinski definition) is 3. The standard InChI is InChI=1S/C13H24N4/c1-4-17-12(9-15-16-17)13(14-3)11-7-5-6-10(2)8-11/h9-11,13-14H,4-8H2,1-3H3. The molecule has 0 radical (unpaired) electrons. The van der Waals surface area contributed by atoms with Gasteiger partial charge in [0.15, 0.2) is 0 Å². The first-order valence-electron chi connectivity index (χ1n) is 6.81. The quantitative estimate of drug-likeness (QED) is 0.873. The molecule has 1 aromatic heterocycles. The van der Waals surface area contributed by atoms with Crippen LogP contribution in [-0.2, 0) is 6.54 Å². The summed E-state index contributed by atoms with van der Waals surface area (Å²) in [6, 6.07) is 0.410. The summed E-state index contributed by atoms with van der Waals surface area (Å²) >= 11 is 0. The van der Waals surface area contributed by atoms with Crippen molar-refractivity contribution in [3.05, 3.63) is 11.9 Å². The molecule has 0 bridgehead atoms. The van der Waals surface area contributed by atoms with Gasteiger partial charge in [-0.3, -0.25) is 0 Å². The summed E-state index contributed by atoms with van der Waals surface area (Å²) < 4.78 is 2.01. The molecule has 1 N–H and O–H groups in total. The van der Waals surface area contributed by atoms with Gasteiger partial charge in [0, 0.05) is 6.54 Å². The Kier molecular flexibility index (Phi) is 4.15. The Hall–Kier alpha value is -0.900. The van der Waals surface area contributed by atoms with Crippen LogP contribution in [-0.4, -0.2) is 22.0 Å². The van der Waals surface area contributed by atoms with E-state index >= 15 is 0 Å². The van der Waals surface area contributed by atoms with E-state index in [1.54, 1.807) is 0 Å². The van der Waals surface area contributed by atoms with E-state index in [1.807, 2.05) is 10.9 Å². The van der Waals surface area contributed by atoms with Crippen molar-refractivity contribution < 1.29 is 0 Å². The van der Waals surface area contributed by atoms with E-state index in [-0.39, 0.29) is 0 Å². The molecule has 0 saturated heterocycles. The van der Waals surface area contributed by atoms with Gasteiger partial charge in [0.2, 0.25) is 0 Å². The van der Waals surface area contributed by atoms with Gasteiger partial charge in [-0.1, -0.05) is 25.0 Å². The van der Waals surface area contributed by atoms with Gasteiger partial charge in [-0.2, -0.15) is 0 Å². The summed E-state index contributed by atoms with van der Waals surface area (Å²) in [5, 5.41) is 11.7. The molecule has 1 aromatic rings. The summed E-state index contributed by atoms with van der Waals surface area (Å²) in [7, 11) is 2.05. The van der Waals surface area contributed by atoms with Gasteiger partial charge < -0.3 is 5.32 Å². The fraction of sp³-hybridized carbons (Fsp3) is 0.846. The maximum atomic E-state index is 4.14. The van der Waals surface area contributed by atoms with E-state index in [9.17, 15) is 0 Å². The van der Waals surface area contributed by atoms with Gasteiger partial charge in [0.05, 0.1) is 17.9 Å². The average Bonchev–Trinajstić information content (AvgIpc) is 2.78. The molecule has 1 heterocycles. The number of hydrogen-bond donors (Lipinski definition) is 1. The molecule has 1 saturated carbocycles. The second-order valence-electron chi connectivity index (χ2n) is 5.27. The van der Waals surface area contributed by atoms with Gasteiger partial charge in [0.1, 0.15) is 0 Å². The third-order valence-corrected chi connectivity index (χ3v) is 4.03. The molecule has 4 nitrogen and oxygen atoms in total. The van der Waals surface area contributed by atoms with Crippen LogP contribution in [0.4, 0.5) is 0 Å². The molecule has 1 aliphatic carbocycles. The van der Waals surface area contributed by atoms with Crippen LogP contribution in [0.3, 0.4) is 0 Å². The third kappa shape index (κ3) is 2.68. The maximum absolute atomic E-state index is 4.14. The predicted molar refractivity (Wildman–Crippen MR) is 68.6 cm³/mol. The van der Waals surface area contributed by atoms with Crippen molar-refractivity contribution in [2.24, 2.45) is 11.8 Å². The van der Waals surface area contributed by atoms with E-state index in [0.717, 1.165) is 18.4 Å². The summed E-state index contributed by atoms with van der Waals surface area (Å²) in [4.78, 5) is 0. The van der Waals surface area contributed by atoms with Crippen molar-refractivity contribution in [3.8, 4) is 0 Å². The van der Waals surface area contributed by atoms with E-state index in [4.69, 9.17) is 0 Å². The highest BCUT2D eigenvalue weighted by Gasteiger charge is 2.28. The normalized spacial score (nSPS) is 27.0. The van der Waals surface area contributed by atoms with Crippen molar-refractivity contribution in [1.82, 2.24) is 20.3 Å². The minimum Gasteiger partial charge on any atom is -0.311 e.